The molecule has 0 atom stereocenters. The lowest BCUT2D eigenvalue weighted by Crippen LogP contribution is -2.44. The van der Waals surface area contributed by atoms with Gasteiger partial charge in [-0.3, -0.25) is 4.98 Å². The summed E-state index contributed by atoms with van der Waals surface area (Å²) < 4.78 is 5.31. The fraction of sp³-hybridized carbons (Fsp3) is 0.333. The van der Waals surface area contributed by atoms with Crippen LogP contribution in [0, 0.1) is 0 Å². The van der Waals surface area contributed by atoms with Crippen molar-refractivity contribution >= 4 is 16.9 Å². The fourth-order valence-electron chi connectivity index (χ4n) is 2.35. The van der Waals surface area contributed by atoms with Gasteiger partial charge in [-0.05, 0) is 11.6 Å². The van der Waals surface area contributed by atoms with Gasteiger partial charge in [0, 0.05) is 24.7 Å². The fourth-order valence-corrected chi connectivity index (χ4v) is 2.35. The smallest absolute Gasteiger partial charge is 0.191 e. The molecule has 3 rings (SSSR count). The molecule has 1 aromatic heterocycles. The van der Waals surface area contributed by atoms with E-state index in [4.69, 9.17) is 10.5 Å². The number of aliphatic imine (C=N–C) groups is 1. The first-order valence-electron chi connectivity index (χ1n) is 6.80. The van der Waals surface area contributed by atoms with E-state index >= 15 is 0 Å². The Labute approximate surface area is 118 Å². The van der Waals surface area contributed by atoms with Crippen LogP contribution < -0.4 is 5.73 Å². The zero-order valence-corrected chi connectivity index (χ0v) is 11.3. The number of nitrogens with zero attached hydrogens (tertiary/aromatic N) is 3. The van der Waals surface area contributed by atoms with Crippen molar-refractivity contribution in [3.63, 3.8) is 0 Å². The summed E-state index contributed by atoms with van der Waals surface area (Å²) in [5, 5.41) is 1.13. The van der Waals surface area contributed by atoms with Crippen LogP contribution in [0.5, 0.6) is 0 Å². The molecule has 1 aliphatic rings. The molecule has 0 unspecified atom stereocenters. The van der Waals surface area contributed by atoms with Crippen molar-refractivity contribution in [2.75, 3.05) is 26.3 Å². The summed E-state index contributed by atoms with van der Waals surface area (Å²) in [4.78, 5) is 11.0. The van der Waals surface area contributed by atoms with E-state index in [9.17, 15) is 0 Å². The molecule has 5 heteroatoms. The van der Waals surface area contributed by atoms with Gasteiger partial charge in [-0.25, -0.2) is 4.99 Å². The van der Waals surface area contributed by atoms with Crippen LogP contribution in [0.3, 0.4) is 0 Å². The van der Waals surface area contributed by atoms with Gasteiger partial charge in [0.25, 0.3) is 0 Å². The number of hydrogen-bond acceptors (Lipinski definition) is 3. The monoisotopic (exact) mass is 270 g/mol. The van der Waals surface area contributed by atoms with E-state index in [0.717, 1.165) is 29.6 Å². The second-order valence-corrected chi connectivity index (χ2v) is 4.77. The van der Waals surface area contributed by atoms with Gasteiger partial charge in [0.15, 0.2) is 5.96 Å². The Kier molecular flexibility index (Phi) is 3.78. The van der Waals surface area contributed by atoms with Crippen LogP contribution in [0.15, 0.2) is 41.5 Å². The molecule has 0 spiro atoms. The molecule has 1 aliphatic heterocycles. The second kappa shape index (κ2) is 5.88. The Hall–Kier alpha value is -2.14. The van der Waals surface area contributed by atoms with E-state index in [-0.39, 0.29) is 0 Å². The molecule has 0 amide bonds. The highest BCUT2D eigenvalue weighted by Crippen LogP contribution is 2.16. The minimum atomic E-state index is 0.553. The zero-order chi connectivity index (χ0) is 13.8. The summed E-state index contributed by atoms with van der Waals surface area (Å²) in [6, 6.07) is 10.1. The molecule has 104 valence electrons. The average Bonchev–Trinajstić information content (AvgIpc) is 2.53. The molecular weight excluding hydrogens is 252 g/mol. The van der Waals surface area contributed by atoms with Crippen molar-refractivity contribution in [3.8, 4) is 0 Å². The second-order valence-electron chi connectivity index (χ2n) is 4.77. The number of guanidine groups is 1. The standard InChI is InChI=1S/C15H18N4O/c16-15(19-7-9-20-10-8-19)18-11-13-4-1-3-12-5-2-6-17-14(12)13/h1-6H,7-11H2,(H2,16,18). The van der Waals surface area contributed by atoms with Crippen molar-refractivity contribution < 1.29 is 4.74 Å². The number of benzene rings is 1. The summed E-state index contributed by atoms with van der Waals surface area (Å²) in [5.74, 6) is 0.584. The molecule has 2 aromatic rings. The van der Waals surface area contributed by atoms with Crippen LogP contribution in [-0.4, -0.2) is 42.1 Å². The van der Waals surface area contributed by atoms with Gasteiger partial charge in [-0.1, -0.05) is 24.3 Å². The normalized spacial score (nSPS) is 16.6. The lowest BCUT2D eigenvalue weighted by molar-refractivity contribution is 0.0674. The summed E-state index contributed by atoms with van der Waals surface area (Å²) in [6.07, 6.45) is 1.81. The number of aromatic nitrogens is 1. The van der Waals surface area contributed by atoms with E-state index in [2.05, 4.69) is 27.0 Å². The number of nitrogens with two attached hydrogens (primary N) is 1. The minimum Gasteiger partial charge on any atom is -0.378 e. The summed E-state index contributed by atoms with van der Waals surface area (Å²) in [7, 11) is 0. The van der Waals surface area contributed by atoms with Crippen LogP contribution in [0.4, 0.5) is 0 Å². The SMILES string of the molecule is NC(=NCc1cccc2cccnc12)N1CCOCC1. The van der Waals surface area contributed by atoms with Gasteiger partial charge < -0.3 is 15.4 Å². The number of ether oxygens (including phenoxy) is 1. The van der Waals surface area contributed by atoms with Crippen LogP contribution >= 0.6 is 0 Å². The van der Waals surface area contributed by atoms with Crippen LogP contribution in [0.1, 0.15) is 5.56 Å². The lowest BCUT2D eigenvalue weighted by atomic mass is 10.1. The molecule has 0 saturated carbocycles. The van der Waals surface area contributed by atoms with Crippen molar-refractivity contribution in [1.82, 2.24) is 9.88 Å². The van der Waals surface area contributed by atoms with Gasteiger partial charge >= 0.3 is 0 Å². The zero-order valence-electron chi connectivity index (χ0n) is 11.3. The third-order valence-electron chi connectivity index (χ3n) is 3.46. The molecule has 0 aliphatic carbocycles. The summed E-state index contributed by atoms with van der Waals surface area (Å²) in [6.45, 7) is 3.60. The van der Waals surface area contributed by atoms with E-state index in [1.807, 2.05) is 18.2 Å². The highest BCUT2D eigenvalue weighted by atomic mass is 16.5. The Balaban J connectivity index is 1.79. The topological polar surface area (TPSA) is 63.7 Å². The van der Waals surface area contributed by atoms with E-state index in [1.165, 1.54) is 0 Å². The number of para-hydroxylation sites is 1. The van der Waals surface area contributed by atoms with Gasteiger partial charge in [-0.2, -0.15) is 0 Å². The Morgan fingerprint density at radius 3 is 2.90 bits per heavy atom. The third kappa shape index (κ3) is 2.72. The molecule has 0 bridgehead atoms. The van der Waals surface area contributed by atoms with Gasteiger partial charge in [0.2, 0.25) is 0 Å². The third-order valence-corrected chi connectivity index (χ3v) is 3.46. The molecule has 1 aromatic carbocycles. The first-order valence-corrected chi connectivity index (χ1v) is 6.80. The summed E-state index contributed by atoms with van der Waals surface area (Å²) in [5.41, 5.74) is 8.13. The predicted octanol–water partition coefficient (Wildman–Crippen LogP) is 1.38. The molecule has 2 heterocycles. The Bertz CT molecular complexity index is 615. The van der Waals surface area contributed by atoms with Crippen molar-refractivity contribution in [2.24, 2.45) is 10.7 Å². The average molecular weight is 270 g/mol. The predicted molar refractivity (Wildman–Crippen MR) is 79.5 cm³/mol. The van der Waals surface area contributed by atoms with Crippen LogP contribution in [0.2, 0.25) is 0 Å². The first-order chi connectivity index (χ1) is 9.84. The van der Waals surface area contributed by atoms with Gasteiger partial charge in [0.1, 0.15) is 0 Å². The van der Waals surface area contributed by atoms with Crippen LogP contribution in [-0.2, 0) is 11.3 Å². The number of rotatable bonds is 2. The lowest BCUT2D eigenvalue weighted by Gasteiger charge is -2.27. The molecule has 0 radical (unpaired) electrons. The van der Waals surface area contributed by atoms with Crippen LogP contribution in [0.25, 0.3) is 10.9 Å². The molecule has 2 N–H and O–H groups in total. The number of hydrogen-bond donors (Lipinski definition) is 1. The van der Waals surface area contributed by atoms with E-state index in [1.54, 1.807) is 6.20 Å². The highest BCUT2D eigenvalue weighted by Gasteiger charge is 2.12. The van der Waals surface area contributed by atoms with Crippen molar-refractivity contribution in [1.29, 1.82) is 0 Å². The molecule has 1 fully saturated rings. The largest absolute Gasteiger partial charge is 0.378 e. The van der Waals surface area contributed by atoms with Crippen molar-refractivity contribution in [2.45, 2.75) is 6.54 Å². The molecule has 1 saturated heterocycles. The van der Waals surface area contributed by atoms with E-state index < -0.39 is 0 Å². The molecular formula is C15H18N4O. The van der Waals surface area contributed by atoms with Gasteiger partial charge in [0.05, 0.1) is 25.3 Å². The highest BCUT2D eigenvalue weighted by molar-refractivity contribution is 5.82. The number of fused-ring (bicyclic) bond motifs is 1. The maximum Gasteiger partial charge on any atom is 0.191 e. The molecule has 5 nitrogen and oxygen atoms in total. The Morgan fingerprint density at radius 1 is 1.25 bits per heavy atom. The Morgan fingerprint density at radius 2 is 2.05 bits per heavy atom. The summed E-state index contributed by atoms with van der Waals surface area (Å²) >= 11 is 0. The minimum absolute atomic E-state index is 0.553. The van der Waals surface area contributed by atoms with Crippen molar-refractivity contribution in [3.05, 3.63) is 42.1 Å². The molecule has 20 heavy (non-hydrogen) atoms. The van der Waals surface area contributed by atoms with E-state index in [0.29, 0.717) is 25.7 Å². The first kappa shape index (κ1) is 12.9. The number of pyridine rings is 1. The van der Waals surface area contributed by atoms with Gasteiger partial charge in [-0.15, -0.1) is 0 Å². The number of morpholine rings is 1. The maximum absolute atomic E-state index is 6.04. The quantitative estimate of drug-likeness (QED) is 0.661. The maximum atomic E-state index is 6.04.